The normalized spacial score (nSPS) is 41.4. The second-order valence-corrected chi connectivity index (χ2v) is 6.30. The first-order valence-electron chi connectivity index (χ1n) is 7.64. The van der Waals surface area contributed by atoms with Gasteiger partial charge in [-0.25, -0.2) is 0 Å². The van der Waals surface area contributed by atoms with Gasteiger partial charge in [0, 0.05) is 6.04 Å². The molecule has 0 aromatic carbocycles. The van der Waals surface area contributed by atoms with Crippen LogP contribution in [0.4, 0.5) is 0 Å². The molecule has 3 heteroatoms. The maximum absolute atomic E-state index is 12.7. The van der Waals surface area contributed by atoms with Crippen LogP contribution in [-0.4, -0.2) is 28.6 Å². The van der Waals surface area contributed by atoms with E-state index in [-0.39, 0.29) is 11.7 Å². The molecular weight excluding hydrogens is 224 g/mol. The number of hydrogen-bond acceptors (Lipinski definition) is 2. The van der Waals surface area contributed by atoms with Gasteiger partial charge in [-0.05, 0) is 38.5 Å². The van der Waals surface area contributed by atoms with Crippen molar-refractivity contribution in [3.05, 3.63) is 0 Å². The third kappa shape index (κ3) is 2.18. The molecule has 2 rings (SSSR count). The van der Waals surface area contributed by atoms with Crippen LogP contribution in [0.1, 0.15) is 66.2 Å². The van der Waals surface area contributed by atoms with Crippen LogP contribution in [0.25, 0.3) is 0 Å². The van der Waals surface area contributed by atoms with E-state index in [1.165, 1.54) is 25.7 Å². The van der Waals surface area contributed by atoms with Gasteiger partial charge in [-0.15, -0.1) is 0 Å². The third-order valence-electron chi connectivity index (χ3n) is 5.04. The van der Waals surface area contributed by atoms with Crippen LogP contribution in [0.3, 0.4) is 0 Å². The largest absolute Gasteiger partial charge is 0.322 e. The second kappa shape index (κ2) is 5.20. The molecule has 1 aliphatic carbocycles. The first-order chi connectivity index (χ1) is 8.53. The minimum Gasteiger partial charge on any atom is -0.322 e. The standard InChI is InChI=1S/C15H28N2O/c1-5-13-16-15(4,6-2)14(18)17(13)12-10-8-7-9-11(12)3/h11-13,16H,5-10H2,1-4H3. The van der Waals surface area contributed by atoms with Crippen molar-refractivity contribution in [2.24, 2.45) is 5.92 Å². The zero-order chi connectivity index (χ0) is 13.3. The summed E-state index contributed by atoms with van der Waals surface area (Å²) in [5.74, 6) is 0.980. The van der Waals surface area contributed by atoms with Crippen molar-refractivity contribution in [2.45, 2.75) is 84.0 Å². The van der Waals surface area contributed by atoms with E-state index >= 15 is 0 Å². The number of rotatable bonds is 3. The Bertz CT molecular complexity index is 318. The summed E-state index contributed by atoms with van der Waals surface area (Å²) in [6.07, 6.45) is 7.18. The zero-order valence-corrected chi connectivity index (χ0v) is 12.3. The van der Waals surface area contributed by atoms with Crippen LogP contribution < -0.4 is 5.32 Å². The van der Waals surface area contributed by atoms with Crippen molar-refractivity contribution in [3.8, 4) is 0 Å². The Morgan fingerprint density at radius 3 is 2.56 bits per heavy atom. The minimum absolute atomic E-state index is 0.244. The molecule has 1 heterocycles. The highest BCUT2D eigenvalue weighted by Gasteiger charge is 2.49. The van der Waals surface area contributed by atoms with E-state index in [1.807, 2.05) is 0 Å². The molecule has 2 aliphatic rings. The third-order valence-corrected chi connectivity index (χ3v) is 5.04. The van der Waals surface area contributed by atoms with E-state index in [0.717, 1.165) is 12.8 Å². The Morgan fingerprint density at radius 1 is 1.33 bits per heavy atom. The van der Waals surface area contributed by atoms with Crippen LogP contribution in [0, 0.1) is 5.92 Å². The molecule has 0 aromatic heterocycles. The molecule has 0 spiro atoms. The summed E-state index contributed by atoms with van der Waals surface area (Å²) in [4.78, 5) is 14.9. The van der Waals surface area contributed by atoms with Gasteiger partial charge in [0.05, 0.1) is 11.7 Å². The lowest BCUT2D eigenvalue weighted by atomic mass is 9.84. The average Bonchev–Trinajstić information content (AvgIpc) is 2.64. The van der Waals surface area contributed by atoms with Gasteiger partial charge in [0.15, 0.2) is 0 Å². The van der Waals surface area contributed by atoms with E-state index in [4.69, 9.17) is 0 Å². The zero-order valence-electron chi connectivity index (χ0n) is 12.3. The topological polar surface area (TPSA) is 32.3 Å². The van der Waals surface area contributed by atoms with E-state index in [1.54, 1.807) is 0 Å². The SMILES string of the molecule is CCC1NC(C)(CC)C(=O)N1C1CCCCC1C. The van der Waals surface area contributed by atoms with Crippen LogP contribution in [0.5, 0.6) is 0 Å². The number of carbonyl (C=O) groups is 1. The lowest BCUT2D eigenvalue weighted by Crippen LogP contribution is -2.48. The molecule has 0 radical (unpaired) electrons. The highest BCUT2D eigenvalue weighted by atomic mass is 16.2. The molecular formula is C15H28N2O. The monoisotopic (exact) mass is 252 g/mol. The number of carbonyl (C=O) groups excluding carboxylic acids is 1. The van der Waals surface area contributed by atoms with Gasteiger partial charge in [-0.1, -0.05) is 33.6 Å². The maximum atomic E-state index is 12.7. The molecule has 2 fully saturated rings. The van der Waals surface area contributed by atoms with Gasteiger partial charge in [-0.3, -0.25) is 10.1 Å². The minimum atomic E-state index is -0.335. The predicted molar refractivity (Wildman–Crippen MR) is 74.2 cm³/mol. The molecule has 1 amide bonds. The summed E-state index contributed by atoms with van der Waals surface area (Å²) >= 11 is 0. The van der Waals surface area contributed by atoms with E-state index < -0.39 is 0 Å². The number of hydrogen-bond donors (Lipinski definition) is 1. The number of nitrogens with one attached hydrogen (secondary N) is 1. The number of amides is 1. The Kier molecular flexibility index (Phi) is 4.00. The molecule has 1 saturated carbocycles. The molecule has 104 valence electrons. The van der Waals surface area contributed by atoms with E-state index in [0.29, 0.717) is 17.9 Å². The molecule has 3 nitrogen and oxygen atoms in total. The fourth-order valence-corrected chi connectivity index (χ4v) is 3.57. The average molecular weight is 252 g/mol. The Hall–Kier alpha value is -0.570. The molecule has 1 aliphatic heterocycles. The first-order valence-corrected chi connectivity index (χ1v) is 7.64. The van der Waals surface area contributed by atoms with Gasteiger partial charge in [-0.2, -0.15) is 0 Å². The summed E-state index contributed by atoms with van der Waals surface area (Å²) in [5, 5.41) is 3.56. The van der Waals surface area contributed by atoms with Gasteiger partial charge in [0.25, 0.3) is 0 Å². The van der Waals surface area contributed by atoms with Crippen molar-refractivity contribution >= 4 is 5.91 Å². The summed E-state index contributed by atoms with van der Waals surface area (Å²) < 4.78 is 0. The molecule has 1 N–H and O–H groups in total. The Morgan fingerprint density at radius 2 is 2.00 bits per heavy atom. The lowest BCUT2D eigenvalue weighted by Gasteiger charge is -2.39. The smallest absolute Gasteiger partial charge is 0.244 e. The predicted octanol–water partition coefficient (Wildman–Crippen LogP) is 2.90. The fourth-order valence-electron chi connectivity index (χ4n) is 3.57. The van der Waals surface area contributed by atoms with Crippen molar-refractivity contribution in [3.63, 3.8) is 0 Å². The van der Waals surface area contributed by atoms with Gasteiger partial charge >= 0.3 is 0 Å². The van der Waals surface area contributed by atoms with Crippen molar-refractivity contribution in [1.82, 2.24) is 10.2 Å². The van der Waals surface area contributed by atoms with Crippen molar-refractivity contribution in [2.75, 3.05) is 0 Å². The van der Waals surface area contributed by atoms with E-state index in [2.05, 4.69) is 37.9 Å². The van der Waals surface area contributed by atoms with Crippen molar-refractivity contribution in [1.29, 1.82) is 0 Å². The van der Waals surface area contributed by atoms with Crippen molar-refractivity contribution < 1.29 is 4.79 Å². The van der Waals surface area contributed by atoms with Crippen LogP contribution in [0.15, 0.2) is 0 Å². The van der Waals surface area contributed by atoms with Gasteiger partial charge in [0.1, 0.15) is 0 Å². The van der Waals surface area contributed by atoms with Crippen LogP contribution >= 0.6 is 0 Å². The molecule has 4 unspecified atom stereocenters. The van der Waals surface area contributed by atoms with Crippen LogP contribution in [-0.2, 0) is 4.79 Å². The maximum Gasteiger partial charge on any atom is 0.244 e. The second-order valence-electron chi connectivity index (χ2n) is 6.30. The molecule has 18 heavy (non-hydrogen) atoms. The molecule has 4 atom stereocenters. The highest BCUT2D eigenvalue weighted by Crippen LogP contribution is 2.35. The lowest BCUT2D eigenvalue weighted by molar-refractivity contribution is -0.136. The summed E-state index contributed by atoms with van der Waals surface area (Å²) in [5.41, 5.74) is -0.335. The Balaban J connectivity index is 2.21. The van der Waals surface area contributed by atoms with Crippen LogP contribution in [0.2, 0.25) is 0 Å². The van der Waals surface area contributed by atoms with Gasteiger partial charge < -0.3 is 4.90 Å². The fraction of sp³-hybridized carbons (Fsp3) is 0.933. The molecule has 0 bridgehead atoms. The summed E-state index contributed by atoms with van der Waals surface area (Å²) in [6, 6.07) is 0.456. The van der Waals surface area contributed by atoms with Gasteiger partial charge in [0.2, 0.25) is 5.91 Å². The number of nitrogens with zero attached hydrogens (tertiary/aromatic N) is 1. The summed E-state index contributed by atoms with van der Waals surface area (Å²) in [6.45, 7) is 8.65. The summed E-state index contributed by atoms with van der Waals surface area (Å²) in [7, 11) is 0. The highest BCUT2D eigenvalue weighted by molar-refractivity contribution is 5.88. The molecule has 1 saturated heterocycles. The molecule has 0 aromatic rings. The quantitative estimate of drug-likeness (QED) is 0.837. The van der Waals surface area contributed by atoms with E-state index in [9.17, 15) is 4.79 Å². The Labute approximate surface area is 111 Å². The first kappa shape index (κ1) is 13.9.